The van der Waals surface area contributed by atoms with Crippen LogP contribution in [0.5, 0.6) is 5.75 Å². The van der Waals surface area contributed by atoms with E-state index in [4.69, 9.17) is 11.6 Å². The number of phenols is 1. The molecule has 0 heterocycles. The number of aromatic hydroxyl groups is 1. The van der Waals surface area contributed by atoms with E-state index in [1.54, 1.807) is 12.1 Å². The number of nitrogens with one attached hydrogen (secondary N) is 1. The van der Waals surface area contributed by atoms with Gasteiger partial charge in [0.15, 0.2) is 5.78 Å². The molecule has 1 unspecified atom stereocenters. The highest BCUT2D eigenvalue weighted by atomic mass is 35.5. The van der Waals surface area contributed by atoms with Gasteiger partial charge in [0.05, 0.1) is 5.92 Å². The number of hydrogen-bond acceptors (Lipinski definition) is 3. The Labute approximate surface area is 139 Å². The fourth-order valence-electron chi connectivity index (χ4n) is 2.89. The first kappa shape index (κ1) is 15.6. The molecular weight excluding hydrogens is 314 g/mol. The monoisotopic (exact) mass is 329 g/mol. The molecule has 0 bridgehead atoms. The van der Waals surface area contributed by atoms with Crippen LogP contribution in [0.2, 0.25) is 5.02 Å². The first-order valence-corrected chi connectivity index (χ1v) is 7.81. The zero-order valence-electron chi connectivity index (χ0n) is 12.4. The number of Topliss-reactive ketones (excluding diaryl/α,β-unsaturated/α-hetero) is 1. The van der Waals surface area contributed by atoms with Crippen molar-refractivity contribution in [1.82, 2.24) is 5.32 Å². The van der Waals surface area contributed by atoms with Crippen molar-refractivity contribution in [3.8, 4) is 5.75 Å². The molecule has 2 aromatic carbocycles. The van der Waals surface area contributed by atoms with Gasteiger partial charge in [0, 0.05) is 23.6 Å². The second kappa shape index (κ2) is 6.42. The second-order valence-electron chi connectivity index (χ2n) is 5.60. The summed E-state index contributed by atoms with van der Waals surface area (Å²) >= 11 is 6.06. The number of hydrogen-bond donors (Lipinski definition) is 2. The molecule has 0 radical (unpaired) electrons. The molecule has 1 amide bonds. The smallest absolute Gasteiger partial charge is 0.227 e. The average molecular weight is 330 g/mol. The molecule has 23 heavy (non-hydrogen) atoms. The summed E-state index contributed by atoms with van der Waals surface area (Å²) in [5.74, 6) is -0.280. The molecule has 0 saturated heterocycles. The lowest BCUT2D eigenvalue weighted by Gasteiger charge is -2.23. The number of carbonyl (C=O) groups is 2. The maximum Gasteiger partial charge on any atom is 0.227 e. The van der Waals surface area contributed by atoms with Crippen LogP contribution in [0.4, 0.5) is 0 Å². The number of rotatable bonds is 3. The van der Waals surface area contributed by atoms with Crippen LogP contribution in [-0.4, -0.2) is 16.8 Å². The van der Waals surface area contributed by atoms with Crippen molar-refractivity contribution < 1.29 is 14.7 Å². The van der Waals surface area contributed by atoms with Gasteiger partial charge in [0.25, 0.3) is 0 Å². The van der Waals surface area contributed by atoms with E-state index in [1.807, 2.05) is 18.2 Å². The van der Waals surface area contributed by atoms with Gasteiger partial charge >= 0.3 is 0 Å². The average Bonchev–Trinajstić information content (AvgIpc) is 2.56. The lowest BCUT2D eigenvalue weighted by atomic mass is 9.81. The SMILES string of the molecule is O=C1CCC(C(=O)NCc2cc(O)ccc2Cl)c2ccccc21. The van der Waals surface area contributed by atoms with E-state index >= 15 is 0 Å². The molecule has 1 atom stereocenters. The summed E-state index contributed by atoms with van der Waals surface area (Å²) < 4.78 is 0. The third kappa shape index (κ3) is 3.22. The number of benzene rings is 2. The highest BCUT2D eigenvalue weighted by Crippen LogP contribution is 2.31. The van der Waals surface area contributed by atoms with Crippen molar-refractivity contribution in [2.24, 2.45) is 0 Å². The zero-order valence-corrected chi connectivity index (χ0v) is 13.1. The lowest BCUT2D eigenvalue weighted by Crippen LogP contribution is -2.32. The van der Waals surface area contributed by atoms with Crippen LogP contribution in [0.3, 0.4) is 0 Å². The highest BCUT2D eigenvalue weighted by Gasteiger charge is 2.30. The number of ketones is 1. The predicted octanol–water partition coefficient (Wildman–Crippen LogP) is 3.42. The van der Waals surface area contributed by atoms with E-state index in [9.17, 15) is 14.7 Å². The van der Waals surface area contributed by atoms with E-state index in [-0.39, 0.29) is 29.9 Å². The van der Waals surface area contributed by atoms with E-state index < -0.39 is 0 Å². The molecule has 2 aromatic rings. The Kier molecular flexibility index (Phi) is 4.35. The first-order chi connectivity index (χ1) is 11.1. The molecular formula is C18H16ClNO3. The molecule has 2 N–H and O–H groups in total. The molecule has 118 valence electrons. The van der Waals surface area contributed by atoms with Crippen LogP contribution >= 0.6 is 11.6 Å². The van der Waals surface area contributed by atoms with Crippen LogP contribution in [-0.2, 0) is 11.3 Å². The Hall–Kier alpha value is -2.33. The molecule has 0 saturated carbocycles. The van der Waals surface area contributed by atoms with Gasteiger partial charge in [-0.1, -0.05) is 35.9 Å². The van der Waals surface area contributed by atoms with Crippen LogP contribution in [0.25, 0.3) is 0 Å². The minimum Gasteiger partial charge on any atom is -0.508 e. The maximum atomic E-state index is 12.5. The molecule has 0 spiro atoms. The van der Waals surface area contributed by atoms with Crippen molar-refractivity contribution in [1.29, 1.82) is 0 Å². The van der Waals surface area contributed by atoms with Gasteiger partial charge in [0.2, 0.25) is 5.91 Å². The van der Waals surface area contributed by atoms with Crippen LogP contribution in [0, 0.1) is 0 Å². The predicted molar refractivity (Wildman–Crippen MR) is 87.7 cm³/mol. The molecule has 1 aliphatic rings. The fraction of sp³-hybridized carbons (Fsp3) is 0.222. The Morgan fingerprint density at radius 3 is 2.87 bits per heavy atom. The van der Waals surface area contributed by atoms with Crippen molar-refractivity contribution >= 4 is 23.3 Å². The summed E-state index contributed by atoms with van der Waals surface area (Å²) in [6.45, 7) is 0.235. The lowest BCUT2D eigenvalue weighted by molar-refractivity contribution is -0.122. The first-order valence-electron chi connectivity index (χ1n) is 7.43. The summed E-state index contributed by atoms with van der Waals surface area (Å²) in [6, 6.07) is 11.9. The molecule has 1 aliphatic carbocycles. The number of halogens is 1. The van der Waals surface area contributed by atoms with E-state index in [1.165, 1.54) is 12.1 Å². The van der Waals surface area contributed by atoms with E-state index in [0.717, 1.165) is 5.56 Å². The molecule has 3 rings (SSSR count). The Balaban J connectivity index is 1.75. The summed E-state index contributed by atoms with van der Waals surface area (Å²) in [7, 11) is 0. The third-order valence-electron chi connectivity index (χ3n) is 4.10. The number of carbonyl (C=O) groups excluding carboxylic acids is 2. The minimum absolute atomic E-state index is 0.0840. The van der Waals surface area contributed by atoms with Gasteiger partial charge in [-0.15, -0.1) is 0 Å². The third-order valence-corrected chi connectivity index (χ3v) is 4.46. The highest BCUT2D eigenvalue weighted by molar-refractivity contribution is 6.31. The summed E-state index contributed by atoms with van der Waals surface area (Å²) in [6.07, 6.45) is 0.886. The van der Waals surface area contributed by atoms with Gasteiger partial charge < -0.3 is 10.4 Å². The van der Waals surface area contributed by atoms with Gasteiger partial charge in [0.1, 0.15) is 5.75 Å². The minimum atomic E-state index is -0.333. The molecule has 0 aliphatic heterocycles. The van der Waals surface area contributed by atoms with Gasteiger partial charge in [-0.05, 0) is 35.7 Å². The summed E-state index contributed by atoms with van der Waals surface area (Å²) in [4.78, 5) is 24.4. The van der Waals surface area contributed by atoms with Crippen molar-refractivity contribution in [3.05, 3.63) is 64.2 Å². The summed E-state index contributed by atoms with van der Waals surface area (Å²) in [5.41, 5.74) is 2.07. The number of amides is 1. The van der Waals surface area contributed by atoms with Crippen molar-refractivity contribution in [3.63, 3.8) is 0 Å². The number of phenolic OH excluding ortho intramolecular Hbond substituents is 1. The maximum absolute atomic E-state index is 12.5. The van der Waals surface area contributed by atoms with Crippen LogP contribution in [0.15, 0.2) is 42.5 Å². The second-order valence-corrected chi connectivity index (χ2v) is 6.00. The Morgan fingerprint density at radius 2 is 2.04 bits per heavy atom. The molecule has 0 fully saturated rings. The molecule has 5 heteroatoms. The van der Waals surface area contributed by atoms with E-state index in [0.29, 0.717) is 29.0 Å². The standard InChI is InChI=1S/C18H16ClNO3/c19-16-7-5-12(21)9-11(16)10-20-18(23)15-6-8-17(22)14-4-2-1-3-13(14)15/h1-5,7,9,15,21H,6,8,10H2,(H,20,23). The quantitative estimate of drug-likeness (QED) is 0.906. The summed E-state index contributed by atoms with van der Waals surface area (Å²) in [5, 5.41) is 12.8. The van der Waals surface area contributed by atoms with Crippen molar-refractivity contribution in [2.75, 3.05) is 0 Å². The molecule has 0 aromatic heterocycles. The Bertz CT molecular complexity index is 773. The molecule has 4 nitrogen and oxygen atoms in total. The van der Waals surface area contributed by atoms with E-state index in [2.05, 4.69) is 5.32 Å². The fourth-order valence-corrected chi connectivity index (χ4v) is 3.08. The van der Waals surface area contributed by atoms with Gasteiger partial charge in [-0.3, -0.25) is 9.59 Å². The van der Waals surface area contributed by atoms with Gasteiger partial charge in [-0.2, -0.15) is 0 Å². The normalized spacial score (nSPS) is 16.7. The Morgan fingerprint density at radius 1 is 1.26 bits per heavy atom. The zero-order chi connectivity index (χ0) is 16.4. The van der Waals surface area contributed by atoms with Crippen molar-refractivity contribution in [2.45, 2.75) is 25.3 Å². The largest absolute Gasteiger partial charge is 0.508 e. The van der Waals surface area contributed by atoms with Gasteiger partial charge in [-0.25, -0.2) is 0 Å². The van der Waals surface area contributed by atoms with Crippen LogP contribution in [0.1, 0.15) is 40.2 Å². The topological polar surface area (TPSA) is 66.4 Å². The number of fused-ring (bicyclic) bond motifs is 1. The van der Waals surface area contributed by atoms with Crippen LogP contribution < -0.4 is 5.32 Å².